The van der Waals surface area contributed by atoms with Crippen molar-refractivity contribution in [2.75, 3.05) is 46.2 Å². The summed E-state index contributed by atoms with van der Waals surface area (Å²) in [7, 11) is 5.91. The Morgan fingerprint density at radius 2 is 2.25 bits per heavy atom. The van der Waals surface area contributed by atoms with Crippen molar-refractivity contribution in [3.63, 3.8) is 0 Å². The summed E-state index contributed by atoms with van der Waals surface area (Å²) in [6.07, 6.45) is 2.59. The molecule has 1 unspecified atom stereocenters. The van der Waals surface area contributed by atoms with Crippen molar-refractivity contribution in [2.45, 2.75) is 19.4 Å². The molecule has 0 aromatic heterocycles. The van der Waals surface area contributed by atoms with Crippen molar-refractivity contribution >= 4 is 5.69 Å². The molecule has 1 saturated heterocycles. The lowest BCUT2D eigenvalue weighted by molar-refractivity contribution is 0.389. The lowest BCUT2D eigenvalue weighted by Crippen LogP contribution is -2.33. The molecule has 1 aromatic carbocycles. The molecule has 112 valence electrons. The SMILES string of the molecule is COc1ccc(CN(C)C)cc1NCC1CCCNC1. The van der Waals surface area contributed by atoms with E-state index in [4.69, 9.17) is 4.74 Å². The quantitative estimate of drug-likeness (QED) is 0.835. The van der Waals surface area contributed by atoms with Gasteiger partial charge in [0, 0.05) is 13.1 Å². The van der Waals surface area contributed by atoms with E-state index in [1.54, 1.807) is 7.11 Å². The van der Waals surface area contributed by atoms with Crippen LogP contribution in [0, 0.1) is 5.92 Å². The average molecular weight is 277 g/mol. The second-order valence-corrected chi connectivity index (χ2v) is 5.87. The summed E-state index contributed by atoms with van der Waals surface area (Å²) in [5.74, 6) is 1.64. The van der Waals surface area contributed by atoms with E-state index >= 15 is 0 Å². The minimum atomic E-state index is 0.714. The summed E-state index contributed by atoms with van der Waals surface area (Å²) >= 11 is 0. The maximum Gasteiger partial charge on any atom is 0.141 e. The largest absolute Gasteiger partial charge is 0.495 e. The molecule has 0 aliphatic carbocycles. The summed E-state index contributed by atoms with van der Waals surface area (Å²) < 4.78 is 5.45. The van der Waals surface area contributed by atoms with Crippen LogP contribution in [0.5, 0.6) is 5.75 Å². The smallest absolute Gasteiger partial charge is 0.141 e. The summed E-state index contributed by atoms with van der Waals surface area (Å²) in [4.78, 5) is 2.18. The van der Waals surface area contributed by atoms with Crippen LogP contribution in [0.4, 0.5) is 5.69 Å². The zero-order valence-electron chi connectivity index (χ0n) is 12.9. The molecule has 20 heavy (non-hydrogen) atoms. The highest BCUT2D eigenvalue weighted by Gasteiger charge is 2.13. The third-order valence-corrected chi connectivity index (χ3v) is 3.74. The van der Waals surface area contributed by atoms with Crippen LogP contribution in [0.15, 0.2) is 18.2 Å². The van der Waals surface area contributed by atoms with Crippen LogP contribution in [-0.4, -0.2) is 45.7 Å². The molecular weight excluding hydrogens is 250 g/mol. The number of methoxy groups -OCH3 is 1. The predicted molar refractivity (Wildman–Crippen MR) is 84.5 cm³/mol. The number of benzene rings is 1. The van der Waals surface area contributed by atoms with Crippen LogP contribution in [0.25, 0.3) is 0 Å². The van der Waals surface area contributed by atoms with Gasteiger partial charge in [-0.25, -0.2) is 0 Å². The van der Waals surface area contributed by atoms with Gasteiger partial charge in [0.25, 0.3) is 0 Å². The van der Waals surface area contributed by atoms with E-state index < -0.39 is 0 Å². The summed E-state index contributed by atoms with van der Waals surface area (Å²) in [6, 6.07) is 6.39. The number of nitrogens with one attached hydrogen (secondary N) is 2. The molecule has 1 aliphatic heterocycles. The first-order valence-corrected chi connectivity index (χ1v) is 7.45. The molecule has 0 amide bonds. The highest BCUT2D eigenvalue weighted by molar-refractivity contribution is 5.58. The molecule has 0 spiro atoms. The van der Waals surface area contributed by atoms with Crippen molar-refractivity contribution in [1.82, 2.24) is 10.2 Å². The van der Waals surface area contributed by atoms with Gasteiger partial charge in [-0.1, -0.05) is 6.07 Å². The molecule has 1 aromatic rings. The Labute approximate surface area is 122 Å². The number of anilines is 1. The van der Waals surface area contributed by atoms with E-state index in [0.717, 1.165) is 37.6 Å². The van der Waals surface area contributed by atoms with E-state index in [2.05, 4.69) is 47.8 Å². The van der Waals surface area contributed by atoms with Gasteiger partial charge in [-0.05, 0) is 63.6 Å². The van der Waals surface area contributed by atoms with Gasteiger partial charge < -0.3 is 20.3 Å². The Balaban J connectivity index is 1.99. The average Bonchev–Trinajstić information content (AvgIpc) is 2.46. The first kappa shape index (κ1) is 15.1. The van der Waals surface area contributed by atoms with Crippen LogP contribution in [0.3, 0.4) is 0 Å². The number of ether oxygens (including phenoxy) is 1. The van der Waals surface area contributed by atoms with Crippen LogP contribution >= 0.6 is 0 Å². The van der Waals surface area contributed by atoms with E-state index in [9.17, 15) is 0 Å². The highest BCUT2D eigenvalue weighted by atomic mass is 16.5. The van der Waals surface area contributed by atoms with Crippen LogP contribution in [0.1, 0.15) is 18.4 Å². The Hall–Kier alpha value is -1.26. The van der Waals surface area contributed by atoms with Crippen molar-refractivity contribution in [1.29, 1.82) is 0 Å². The van der Waals surface area contributed by atoms with Gasteiger partial charge in [0.05, 0.1) is 12.8 Å². The van der Waals surface area contributed by atoms with Gasteiger partial charge in [0.2, 0.25) is 0 Å². The number of rotatable bonds is 6. The second kappa shape index (κ2) is 7.50. The molecule has 0 radical (unpaired) electrons. The zero-order chi connectivity index (χ0) is 14.4. The van der Waals surface area contributed by atoms with Crippen LogP contribution in [0.2, 0.25) is 0 Å². The number of piperidine rings is 1. The molecule has 0 saturated carbocycles. The van der Waals surface area contributed by atoms with Gasteiger partial charge in [0.15, 0.2) is 0 Å². The second-order valence-electron chi connectivity index (χ2n) is 5.87. The van der Waals surface area contributed by atoms with Gasteiger partial charge in [-0.15, -0.1) is 0 Å². The molecule has 1 atom stereocenters. The summed E-state index contributed by atoms with van der Waals surface area (Å²) in [5.41, 5.74) is 2.41. The zero-order valence-corrected chi connectivity index (χ0v) is 12.9. The first-order valence-electron chi connectivity index (χ1n) is 7.45. The van der Waals surface area contributed by atoms with E-state index in [1.165, 1.54) is 18.4 Å². The molecular formula is C16H27N3O. The van der Waals surface area contributed by atoms with E-state index in [-0.39, 0.29) is 0 Å². The highest BCUT2D eigenvalue weighted by Crippen LogP contribution is 2.26. The molecule has 0 bridgehead atoms. The molecule has 2 N–H and O–H groups in total. The molecule has 1 fully saturated rings. The van der Waals surface area contributed by atoms with Crippen molar-refractivity contribution in [3.8, 4) is 5.75 Å². The Morgan fingerprint density at radius 1 is 1.40 bits per heavy atom. The number of nitrogens with zero attached hydrogens (tertiary/aromatic N) is 1. The number of hydrogen-bond acceptors (Lipinski definition) is 4. The standard InChI is InChI=1S/C16H27N3O/c1-19(2)12-13-6-7-16(20-3)15(9-13)18-11-14-5-4-8-17-10-14/h6-7,9,14,17-18H,4-5,8,10-12H2,1-3H3. The van der Waals surface area contributed by atoms with E-state index in [0.29, 0.717) is 5.92 Å². The molecule has 1 heterocycles. The van der Waals surface area contributed by atoms with Crippen molar-refractivity contribution < 1.29 is 4.74 Å². The Morgan fingerprint density at radius 3 is 2.90 bits per heavy atom. The Bertz CT molecular complexity index is 414. The topological polar surface area (TPSA) is 36.5 Å². The minimum absolute atomic E-state index is 0.714. The fraction of sp³-hybridized carbons (Fsp3) is 0.625. The maximum absolute atomic E-state index is 5.45. The number of hydrogen-bond donors (Lipinski definition) is 2. The summed E-state index contributed by atoms with van der Waals surface area (Å²) in [5, 5.41) is 7.02. The van der Waals surface area contributed by atoms with Crippen molar-refractivity contribution in [2.24, 2.45) is 5.92 Å². The first-order chi connectivity index (χ1) is 9.69. The maximum atomic E-state index is 5.45. The minimum Gasteiger partial charge on any atom is -0.495 e. The lowest BCUT2D eigenvalue weighted by atomic mass is 9.99. The fourth-order valence-corrected chi connectivity index (χ4v) is 2.71. The Kier molecular flexibility index (Phi) is 5.68. The predicted octanol–water partition coefficient (Wildman–Crippen LogP) is 2.17. The monoisotopic (exact) mass is 277 g/mol. The lowest BCUT2D eigenvalue weighted by Gasteiger charge is -2.24. The van der Waals surface area contributed by atoms with Gasteiger partial charge in [0.1, 0.15) is 5.75 Å². The molecule has 4 heteroatoms. The normalized spacial score (nSPS) is 19.1. The van der Waals surface area contributed by atoms with Gasteiger partial charge >= 0.3 is 0 Å². The van der Waals surface area contributed by atoms with Crippen LogP contribution in [-0.2, 0) is 6.54 Å². The van der Waals surface area contributed by atoms with Gasteiger partial charge in [-0.2, -0.15) is 0 Å². The third-order valence-electron chi connectivity index (χ3n) is 3.74. The summed E-state index contributed by atoms with van der Waals surface area (Å²) in [6.45, 7) is 4.24. The third kappa shape index (κ3) is 4.39. The van der Waals surface area contributed by atoms with Gasteiger partial charge in [-0.3, -0.25) is 0 Å². The van der Waals surface area contributed by atoms with E-state index in [1.807, 2.05) is 0 Å². The van der Waals surface area contributed by atoms with Crippen molar-refractivity contribution in [3.05, 3.63) is 23.8 Å². The molecule has 2 rings (SSSR count). The molecule has 1 aliphatic rings. The fourth-order valence-electron chi connectivity index (χ4n) is 2.71. The molecule has 4 nitrogen and oxygen atoms in total. The van der Waals surface area contributed by atoms with Crippen LogP contribution < -0.4 is 15.4 Å².